The maximum absolute atomic E-state index is 12.6. The molecule has 0 saturated heterocycles. The van der Waals surface area contributed by atoms with Crippen LogP contribution in [0.3, 0.4) is 0 Å². The van der Waals surface area contributed by atoms with Gasteiger partial charge in [-0.25, -0.2) is 0 Å². The molecule has 4 fully saturated rings. The van der Waals surface area contributed by atoms with Gasteiger partial charge in [0.15, 0.2) is 0 Å². The SMILES string of the molecule is CC(C)(CO)CCOC(=O)C12CC3CC(CC(C3)C1)C2. The van der Waals surface area contributed by atoms with Gasteiger partial charge in [-0.2, -0.15) is 0 Å². The van der Waals surface area contributed by atoms with Crippen LogP contribution < -0.4 is 0 Å². The molecule has 4 saturated carbocycles. The summed E-state index contributed by atoms with van der Waals surface area (Å²) in [6.07, 6.45) is 8.00. The molecule has 0 atom stereocenters. The van der Waals surface area contributed by atoms with Crippen molar-refractivity contribution < 1.29 is 14.6 Å². The van der Waals surface area contributed by atoms with E-state index in [-0.39, 0.29) is 23.4 Å². The first-order chi connectivity index (χ1) is 9.42. The van der Waals surface area contributed by atoms with Crippen LogP contribution in [0, 0.1) is 28.6 Å². The van der Waals surface area contributed by atoms with Crippen molar-refractivity contribution in [3.8, 4) is 0 Å². The van der Waals surface area contributed by atoms with Crippen LogP contribution in [0.1, 0.15) is 58.8 Å². The minimum Gasteiger partial charge on any atom is -0.465 e. The molecule has 0 radical (unpaired) electrons. The Morgan fingerprint density at radius 1 is 1.15 bits per heavy atom. The second kappa shape index (κ2) is 5.01. The van der Waals surface area contributed by atoms with Crippen LogP contribution in [0.4, 0.5) is 0 Å². The van der Waals surface area contributed by atoms with Crippen LogP contribution >= 0.6 is 0 Å². The van der Waals surface area contributed by atoms with Crippen molar-refractivity contribution in [1.29, 1.82) is 0 Å². The maximum Gasteiger partial charge on any atom is 0.312 e. The molecule has 4 bridgehead atoms. The molecule has 3 heteroatoms. The second-order valence-electron chi connectivity index (χ2n) is 8.41. The van der Waals surface area contributed by atoms with Crippen molar-refractivity contribution in [2.24, 2.45) is 28.6 Å². The Kier molecular flexibility index (Phi) is 3.60. The average molecular weight is 280 g/mol. The summed E-state index contributed by atoms with van der Waals surface area (Å²) in [4.78, 5) is 12.6. The van der Waals surface area contributed by atoms with Gasteiger partial charge >= 0.3 is 5.97 Å². The Morgan fingerprint density at radius 3 is 2.10 bits per heavy atom. The molecule has 0 heterocycles. The molecule has 0 spiro atoms. The van der Waals surface area contributed by atoms with Crippen LogP contribution in [-0.2, 0) is 9.53 Å². The lowest BCUT2D eigenvalue weighted by molar-refractivity contribution is -0.172. The van der Waals surface area contributed by atoms with E-state index in [2.05, 4.69) is 0 Å². The molecule has 4 rings (SSSR count). The fourth-order valence-corrected chi connectivity index (χ4v) is 5.01. The van der Waals surface area contributed by atoms with Gasteiger partial charge in [0.05, 0.1) is 12.0 Å². The van der Waals surface area contributed by atoms with Crippen molar-refractivity contribution in [2.45, 2.75) is 58.8 Å². The minimum absolute atomic E-state index is 0.0605. The topological polar surface area (TPSA) is 46.5 Å². The molecule has 0 amide bonds. The van der Waals surface area contributed by atoms with E-state index in [0.717, 1.165) is 43.4 Å². The van der Waals surface area contributed by atoms with Gasteiger partial charge in [-0.1, -0.05) is 13.8 Å². The molecule has 0 unspecified atom stereocenters. The Labute approximate surface area is 122 Å². The normalized spacial score (nSPS) is 39.0. The highest BCUT2D eigenvalue weighted by Gasteiger charge is 2.55. The van der Waals surface area contributed by atoms with E-state index in [1.165, 1.54) is 19.3 Å². The Bertz CT molecular complexity index is 350. The van der Waals surface area contributed by atoms with Gasteiger partial charge in [0, 0.05) is 6.61 Å². The van der Waals surface area contributed by atoms with Crippen LogP contribution in [0.25, 0.3) is 0 Å². The van der Waals surface area contributed by atoms with Gasteiger partial charge in [-0.05, 0) is 68.1 Å². The molecule has 0 aromatic rings. The summed E-state index contributed by atoms with van der Waals surface area (Å²) in [6.45, 7) is 4.60. The summed E-state index contributed by atoms with van der Waals surface area (Å²) in [7, 11) is 0. The lowest BCUT2D eigenvalue weighted by Gasteiger charge is -2.55. The quantitative estimate of drug-likeness (QED) is 0.787. The standard InChI is InChI=1S/C17H28O3/c1-16(2,11-18)3-4-20-15(19)17-8-12-5-13(9-17)7-14(6-12)10-17/h12-14,18H,3-11H2,1-2H3. The van der Waals surface area contributed by atoms with E-state index in [4.69, 9.17) is 4.74 Å². The summed E-state index contributed by atoms with van der Waals surface area (Å²) >= 11 is 0. The predicted molar refractivity (Wildman–Crippen MR) is 77.0 cm³/mol. The summed E-state index contributed by atoms with van der Waals surface area (Å²) < 4.78 is 5.61. The van der Waals surface area contributed by atoms with Crippen molar-refractivity contribution in [1.82, 2.24) is 0 Å². The fourth-order valence-electron chi connectivity index (χ4n) is 5.01. The number of hydrogen-bond donors (Lipinski definition) is 1. The predicted octanol–water partition coefficient (Wildman–Crippen LogP) is 3.15. The molecule has 3 nitrogen and oxygen atoms in total. The number of esters is 1. The van der Waals surface area contributed by atoms with E-state index in [0.29, 0.717) is 6.61 Å². The van der Waals surface area contributed by atoms with E-state index >= 15 is 0 Å². The fraction of sp³-hybridized carbons (Fsp3) is 0.941. The summed E-state index contributed by atoms with van der Waals surface area (Å²) in [5.41, 5.74) is -0.292. The molecule has 20 heavy (non-hydrogen) atoms. The van der Waals surface area contributed by atoms with Gasteiger partial charge in [0.25, 0.3) is 0 Å². The number of aliphatic hydroxyl groups is 1. The highest BCUT2D eigenvalue weighted by Crippen LogP contribution is 2.60. The van der Waals surface area contributed by atoms with Gasteiger partial charge in [0.1, 0.15) is 0 Å². The third-order valence-electron chi connectivity index (χ3n) is 5.91. The van der Waals surface area contributed by atoms with Crippen LogP contribution in [0.15, 0.2) is 0 Å². The van der Waals surface area contributed by atoms with Crippen LogP contribution in [0.5, 0.6) is 0 Å². The molecular formula is C17H28O3. The molecule has 114 valence electrons. The van der Waals surface area contributed by atoms with E-state index in [9.17, 15) is 9.90 Å². The van der Waals surface area contributed by atoms with Gasteiger partial charge < -0.3 is 9.84 Å². The number of ether oxygens (including phenoxy) is 1. The minimum atomic E-state index is -0.151. The molecule has 1 N–H and O–H groups in total. The van der Waals surface area contributed by atoms with Crippen molar-refractivity contribution >= 4 is 5.97 Å². The first-order valence-corrected chi connectivity index (χ1v) is 8.21. The van der Waals surface area contributed by atoms with Crippen LogP contribution in [0.2, 0.25) is 0 Å². The number of rotatable bonds is 5. The zero-order valence-corrected chi connectivity index (χ0v) is 12.9. The number of carbonyl (C=O) groups is 1. The largest absolute Gasteiger partial charge is 0.465 e. The molecule has 4 aliphatic rings. The highest BCUT2D eigenvalue weighted by molar-refractivity contribution is 5.77. The third-order valence-corrected chi connectivity index (χ3v) is 5.91. The summed E-state index contributed by atoms with van der Waals surface area (Å²) in [6, 6.07) is 0. The van der Waals surface area contributed by atoms with E-state index in [1.54, 1.807) is 0 Å². The maximum atomic E-state index is 12.6. The van der Waals surface area contributed by atoms with Crippen molar-refractivity contribution in [3.05, 3.63) is 0 Å². The van der Waals surface area contributed by atoms with Crippen molar-refractivity contribution in [3.63, 3.8) is 0 Å². The number of aliphatic hydroxyl groups excluding tert-OH is 1. The van der Waals surface area contributed by atoms with Crippen LogP contribution in [-0.4, -0.2) is 24.3 Å². The third kappa shape index (κ3) is 2.61. The number of carbonyl (C=O) groups excluding carboxylic acids is 1. The molecular weight excluding hydrogens is 252 g/mol. The Balaban J connectivity index is 1.57. The van der Waals surface area contributed by atoms with Gasteiger partial charge in [-0.3, -0.25) is 4.79 Å². The molecule has 0 aliphatic heterocycles. The van der Waals surface area contributed by atoms with Gasteiger partial charge in [-0.15, -0.1) is 0 Å². The van der Waals surface area contributed by atoms with Gasteiger partial charge in [0.2, 0.25) is 0 Å². The average Bonchev–Trinajstić information content (AvgIpc) is 2.37. The summed E-state index contributed by atoms with van der Waals surface area (Å²) in [5, 5.41) is 9.25. The second-order valence-corrected chi connectivity index (χ2v) is 8.41. The monoisotopic (exact) mass is 280 g/mol. The smallest absolute Gasteiger partial charge is 0.312 e. The number of hydrogen-bond acceptors (Lipinski definition) is 3. The van der Waals surface area contributed by atoms with E-state index < -0.39 is 0 Å². The van der Waals surface area contributed by atoms with Crippen molar-refractivity contribution in [2.75, 3.05) is 13.2 Å². The zero-order chi connectivity index (χ0) is 14.4. The highest BCUT2D eigenvalue weighted by atomic mass is 16.5. The summed E-state index contributed by atoms with van der Waals surface area (Å²) in [5.74, 6) is 2.40. The Hall–Kier alpha value is -0.570. The lowest BCUT2D eigenvalue weighted by atomic mass is 9.49. The molecule has 4 aliphatic carbocycles. The zero-order valence-electron chi connectivity index (χ0n) is 12.9. The molecule has 0 aromatic carbocycles. The lowest BCUT2D eigenvalue weighted by Crippen LogP contribution is -2.50. The first-order valence-electron chi connectivity index (χ1n) is 8.21. The van der Waals surface area contributed by atoms with E-state index in [1.807, 2.05) is 13.8 Å². The molecule has 0 aromatic heterocycles. The first kappa shape index (κ1) is 14.4. The Morgan fingerprint density at radius 2 is 1.65 bits per heavy atom.